The Labute approximate surface area is 134 Å². The number of nitrogens with zero attached hydrogens (tertiary/aromatic N) is 2. The fourth-order valence-corrected chi connectivity index (χ4v) is 2.67. The molecule has 2 aromatic heterocycles. The lowest BCUT2D eigenvalue weighted by molar-refractivity contribution is 0.0950. The predicted molar refractivity (Wildman–Crippen MR) is 88.5 cm³/mol. The van der Waals surface area contributed by atoms with Crippen molar-refractivity contribution in [2.24, 2.45) is 0 Å². The number of nitrogens with one attached hydrogen (secondary N) is 2. The van der Waals surface area contributed by atoms with E-state index >= 15 is 0 Å². The van der Waals surface area contributed by atoms with Crippen molar-refractivity contribution >= 4 is 11.7 Å². The van der Waals surface area contributed by atoms with Crippen LogP contribution >= 0.6 is 0 Å². The standard InChI is InChI=1S/C17H20N4O2/c22-16-7-5-14(12-19-16)17(23)20-11-13-4-6-15(18-10-13)21-8-2-1-3-9-21/h4-7,10,12H,1-3,8-9,11H2,(H,19,22)(H,20,23). The van der Waals surface area contributed by atoms with Crippen molar-refractivity contribution in [3.8, 4) is 0 Å². The average molecular weight is 312 g/mol. The van der Waals surface area contributed by atoms with E-state index < -0.39 is 0 Å². The van der Waals surface area contributed by atoms with Crippen LogP contribution in [0.25, 0.3) is 0 Å². The number of hydrogen-bond donors (Lipinski definition) is 2. The molecule has 2 N–H and O–H groups in total. The Kier molecular flexibility index (Phi) is 4.71. The van der Waals surface area contributed by atoms with E-state index in [2.05, 4.69) is 20.2 Å². The lowest BCUT2D eigenvalue weighted by Gasteiger charge is -2.27. The van der Waals surface area contributed by atoms with E-state index in [9.17, 15) is 9.59 Å². The number of pyridine rings is 2. The number of carbonyl (C=O) groups is 1. The maximum Gasteiger partial charge on any atom is 0.253 e. The first kappa shape index (κ1) is 15.3. The fraction of sp³-hybridized carbons (Fsp3) is 0.353. The molecule has 3 rings (SSSR count). The molecule has 1 saturated heterocycles. The van der Waals surface area contributed by atoms with Gasteiger partial charge in [0, 0.05) is 38.1 Å². The third kappa shape index (κ3) is 3.97. The Morgan fingerprint density at radius 3 is 2.65 bits per heavy atom. The van der Waals surface area contributed by atoms with E-state index in [1.165, 1.54) is 37.6 Å². The molecular weight excluding hydrogens is 292 g/mol. The van der Waals surface area contributed by atoms with Crippen molar-refractivity contribution in [2.45, 2.75) is 25.8 Å². The molecular formula is C17H20N4O2. The molecule has 1 aliphatic heterocycles. The molecule has 0 saturated carbocycles. The second kappa shape index (κ2) is 7.09. The highest BCUT2D eigenvalue weighted by Crippen LogP contribution is 2.17. The molecule has 6 nitrogen and oxygen atoms in total. The molecule has 120 valence electrons. The minimum atomic E-state index is -0.223. The van der Waals surface area contributed by atoms with Crippen molar-refractivity contribution < 1.29 is 4.79 Å². The van der Waals surface area contributed by atoms with Gasteiger partial charge in [-0.05, 0) is 37.0 Å². The zero-order valence-corrected chi connectivity index (χ0v) is 12.9. The van der Waals surface area contributed by atoms with Crippen LogP contribution in [0, 0.1) is 0 Å². The number of hydrogen-bond acceptors (Lipinski definition) is 4. The summed E-state index contributed by atoms with van der Waals surface area (Å²) in [4.78, 5) is 32.2. The molecule has 0 radical (unpaired) electrons. The zero-order chi connectivity index (χ0) is 16.1. The van der Waals surface area contributed by atoms with Crippen LogP contribution in [0.1, 0.15) is 35.2 Å². The van der Waals surface area contributed by atoms with Crippen LogP contribution in [0.3, 0.4) is 0 Å². The summed E-state index contributed by atoms with van der Waals surface area (Å²) in [5.74, 6) is 0.779. The molecule has 0 unspecified atom stereocenters. The van der Waals surface area contributed by atoms with Crippen LogP contribution < -0.4 is 15.8 Å². The van der Waals surface area contributed by atoms with Crippen molar-refractivity contribution in [2.75, 3.05) is 18.0 Å². The van der Waals surface area contributed by atoms with Crippen LogP contribution in [-0.4, -0.2) is 29.0 Å². The molecule has 1 aliphatic rings. The summed E-state index contributed by atoms with van der Waals surface area (Å²) in [5.41, 5.74) is 1.16. The minimum absolute atomic E-state index is 0.221. The molecule has 2 aromatic rings. The maximum absolute atomic E-state index is 12.0. The number of H-pyrrole nitrogens is 1. The highest BCUT2D eigenvalue weighted by molar-refractivity contribution is 5.93. The summed E-state index contributed by atoms with van der Waals surface area (Å²) >= 11 is 0. The largest absolute Gasteiger partial charge is 0.357 e. The van der Waals surface area contributed by atoms with Crippen molar-refractivity contribution in [3.05, 3.63) is 58.1 Å². The normalized spacial score (nSPS) is 14.5. The van der Waals surface area contributed by atoms with E-state index in [1.807, 2.05) is 12.1 Å². The van der Waals surface area contributed by atoms with E-state index in [0.29, 0.717) is 12.1 Å². The van der Waals surface area contributed by atoms with Gasteiger partial charge in [0.25, 0.3) is 5.91 Å². The van der Waals surface area contributed by atoms with Gasteiger partial charge in [0.2, 0.25) is 5.56 Å². The highest BCUT2D eigenvalue weighted by atomic mass is 16.1. The molecule has 0 atom stereocenters. The second-order valence-electron chi connectivity index (χ2n) is 5.70. The van der Waals surface area contributed by atoms with Crippen molar-refractivity contribution in [1.29, 1.82) is 0 Å². The van der Waals surface area contributed by atoms with Gasteiger partial charge in [0.15, 0.2) is 0 Å². The Morgan fingerprint density at radius 1 is 1.17 bits per heavy atom. The van der Waals surface area contributed by atoms with Gasteiger partial charge < -0.3 is 15.2 Å². The Morgan fingerprint density at radius 2 is 2.00 bits per heavy atom. The summed E-state index contributed by atoms with van der Waals surface area (Å²) in [6.07, 6.45) is 6.95. The number of anilines is 1. The Bertz CT molecular complexity index is 698. The summed E-state index contributed by atoms with van der Waals surface area (Å²) in [6, 6.07) is 6.84. The molecule has 1 fully saturated rings. The molecule has 6 heteroatoms. The molecule has 23 heavy (non-hydrogen) atoms. The van der Waals surface area contributed by atoms with Gasteiger partial charge in [-0.3, -0.25) is 9.59 Å². The van der Waals surface area contributed by atoms with Gasteiger partial charge in [0.05, 0.1) is 5.56 Å². The first-order valence-electron chi connectivity index (χ1n) is 7.89. The van der Waals surface area contributed by atoms with Crippen LogP contribution in [0.5, 0.6) is 0 Å². The zero-order valence-electron chi connectivity index (χ0n) is 12.9. The minimum Gasteiger partial charge on any atom is -0.357 e. The third-order valence-electron chi connectivity index (χ3n) is 3.99. The van der Waals surface area contributed by atoms with Crippen molar-refractivity contribution in [3.63, 3.8) is 0 Å². The summed E-state index contributed by atoms with van der Waals surface area (Å²) in [7, 11) is 0. The number of carbonyl (C=O) groups excluding carboxylic acids is 1. The van der Waals surface area contributed by atoms with Gasteiger partial charge >= 0.3 is 0 Å². The monoisotopic (exact) mass is 312 g/mol. The van der Waals surface area contributed by atoms with Gasteiger partial charge in [-0.2, -0.15) is 0 Å². The van der Waals surface area contributed by atoms with Crippen LogP contribution in [-0.2, 0) is 6.54 Å². The first-order valence-corrected chi connectivity index (χ1v) is 7.89. The SMILES string of the molecule is O=C(NCc1ccc(N2CCCCC2)nc1)c1ccc(=O)[nH]c1. The topological polar surface area (TPSA) is 78.1 Å². The Balaban J connectivity index is 1.56. The molecule has 0 bridgehead atoms. The molecule has 1 amide bonds. The van der Waals surface area contributed by atoms with Gasteiger partial charge in [0.1, 0.15) is 5.82 Å². The predicted octanol–water partition coefficient (Wildman–Crippen LogP) is 1.69. The number of aromatic amines is 1. The quantitative estimate of drug-likeness (QED) is 0.900. The van der Waals surface area contributed by atoms with E-state index in [0.717, 1.165) is 24.5 Å². The second-order valence-corrected chi connectivity index (χ2v) is 5.70. The summed E-state index contributed by atoms with van der Waals surface area (Å²) in [5, 5.41) is 2.82. The number of piperidine rings is 1. The number of amides is 1. The first-order chi connectivity index (χ1) is 11.2. The fourth-order valence-electron chi connectivity index (χ4n) is 2.67. The van der Waals surface area contributed by atoms with E-state index in [1.54, 1.807) is 6.20 Å². The molecule has 0 aromatic carbocycles. The smallest absolute Gasteiger partial charge is 0.253 e. The lowest BCUT2D eigenvalue weighted by Crippen LogP contribution is -2.30. The maximum atomic E-state index is 12.0. The summed E-state index contributed by atoms with van der Waals surface area (Å²) in [6.45, 7) is 2.54. The van der Waals surface area contributed by atoms with Crippen LogP contribution in [0.2, 0.25) is 0 Å². The van der Waals surface area contributed by atoms with Crippen LogP contribution in [0.4, 0.5) is 5.82 Å². The number of aromatic nitrogens is 2. The van der Waals surface area contributed by atoms with E-state index in [4.69, 9.17) is 0 Å². The summed E-state index contributed by atoms with van der Waals surface area (Å²) < 4.78 is 0. The van der Waals surface area contributed by atoms with Gasteiger partial charge in [-0.1, -0.05) is 6.07 Å². The average Bonchev–Trinajstić information content (AvgIpc) is 2.61. The van der Waals surface area contributed by atoms with Crippen molar-refractivity contribution in [1.82, 2.24) is 15.3 Å². The molecule has 0 aliphatic carbocycles. The molecule has 0 spiro atoms. The van der Waals surface area contributed by atoms with E-state index in [-0.39, 0.29) is 11.5 Å². The van der Waals surface area contributed by atoms with Crippen LogP contribution in [0.15, 0.2) is 41.5 Å². The Hall–Kier alpha value is -2.63. The third-order valence-corrected chi connectivity index (χ3v) is 3.99. The van der Waals surface area contributed by atoms with Gasteiger partial charge in [-0.15, -0.1) is 0 Å². The van der Waals surface area contributed by atoms with Gasteiger partial charge in [-0.25, -0.2) is 4.98 Å². The highest BCUT2D eigenvalue weighted by Gasteiger charge is 2.12. The molecule has 3 heterocycles. The number of rotatable bonds is 4. The lowest BCUT2D eigenvalue weighted by atomic mass is 10.1.